The molecule has 76 valence electrons. The van der Waals surface area contributed by atoms with Gasteiger partial charge in [-0.25, -0.2) is 0 Å². The molecular formula is C10H11BrO3. The maximum Gasteiger partial charge on any atom is 0.189 e. The highest BCUT2D eigenvalue weighted by Crippen LogP contribution is 2.25. The molecule has 0 spiro atoms. The van der Waals surface area contributed by atoms with Crippen LogP contribution in [-0.2, 0) is 4.74 Å². The fourth-order valence-corrected chi connectivity index (χ4v) is 1.41. The molecule has 0 N–H and O–H groups in total. The lowest BCUT2D eigenvalue weighted by molar-refractivity contribution is 0.0219. The summed E-state index contributed by atoms with van der Waals surface area (Å²) in [7, 11) is 0. The highest BCUT2D eigenvalue weighted by Gasteiger charge is 2.01. The van der Waals surface area contributed by atoms with Crippen LogP contribution in [0.5, 0.6) is 5.75 Å². The van der Waals surface area contributed by atoms with E-state index in [4.69, 9.17) is 9.47 Å². The molecule has 0 aromatic heterocycles. The summed E-state index contributed by atoms with van der Waals surface area (Å²) in [6.45, 7) is 2.73. The number of carbonyl (C=O) groups is 1. The summed E-state index contributed by atoms with van der Waals surface area (Å²) < 4.78 is 11.1. The van der Waals surface area contributed by atoms with Crippen molar-refractivity contribution < 1.29 is 14.3 Å². The number of hydrogen-bond acceptors (Lipinski definition) is 3. The predicted octanol–water partition coefficient (Wildman–Crippen LogP) is 2.63. The van der Waals surface area contributed by atoms with Gasteiger partial charge >= 0.3 is 0 Å². The zero-order valence-corrected chi connectivity index (χ0v) is 9.41. The first kappa shape index (κ1) is 11.2. The third-order valence-corrected chi connectivity index (χ3v) is 2.21. The molecule has 0 unspecified atom stereocenters. The standard InChI is InChI=1S/C10H11BrO3/c1-2-13-7-14-10-4-3-8(6-12)5-9(10)11/h3-6H,2,7H2,1H3. The average molecular weight is 259 g/mol. The maximum atomic E-state index is 10.4. The Morgan fingerprint density at radius 2 is 2.29 bits per heavy atom. The van der Waals surface area contributed by atoms with E-state index in [9.17, 15) is 4.79 Å². The number of benzene rings is 1. The smallest absolute Gasteiger partial charge is 0.189 e. The first-order valence-electron chi connectivity index (χ1n) is 4.23. The molecule has 0 aliphatic carbocycles. The molecule has 0 aliphatic heterocycles. The van der Waals surface area contributed by atoms with Crippen molar-refractivity contribution in [1.82, 2.24) is 0 Å². The minimum atomic E-state index is 0.218. The van der Waals surface area contributed by atoms with Gasteiger partial charge in [-0.2, -0.15) is 0 Å². The molecule has 14 heavy (non-hydrogen) atoms. The molecule has 0 bridgehead atoms. The van der Waals surface area contributed by atoms with Gasteiger partial charge in [-0.1, -0.05) is 0 Å². The van der Waals surface area contributed by atoms with Crippen molar-refractivity contribution in [3.8, 4) is 5.75 Å². The zero-order valence-electron chi connectivity index (χ0n) is 7.83. The minimum Gasteiger partial charge on any atom is -0.466 e. The van der Waals surface area contributed by atoms with E-state index in [1.54, 1.807) is 18.2 Å². The van der Waals surface area contributed by atoms with E-state index in [2.05, 4.69) is 15.9 Å². The second kappa shape index (κ2) is 5.78. The van der Waals surface area contributed by atoms with Crippen LogP contribution in [-0.4, -0.2) is 19.7 Å². The molecule has 1 aromatic rings. The fourth-order valence-electron chi connectivity index (χ4n) is 0.896. The summed E-state index contributed by atoms with van der Waals surface area (Å²) >= 11 is 3.30. The van der Waals surface area contributed by atoms with Crippen LogP contribution in [0.15, 0.2) is 22.7 Å². The van der Waals surface area contributed by atoms with Gasteiger partial charge in [0.1, 0.15) is 12.0 Å². The molecule has 0 saturated heterocycles. The molecule has 0 radical (unpaired) electrons. The molecule has 0 aliphatic rings. The number of carbonyl (C=O) groups excluding carboxylic acids is 1. The third-order valence-electron chi connectivity index (χ3n) is 1.59. The third kappa shape index (κ3) is 3.12. The van der Waals surface area contributed by atoms with Gasteiger partial charge in [-0.3, -0.25) is 4.79 Å². The van der Waals surface area contributed by atoms with Crippen LogP contribution in [0.3, 0.4) is 0 Å². The van der Waals surface area contributed by atoms with E-state index in [-0.39, 0.29) is 6.79 Å². The molecule has 4 heteroatoms. The lowest BCUT2D eigenvalue weighted by atomic mass is 10.2. The Morgan fingerprint density at radius 1 is 1.50 bits per heavy atom. The normalized spacial score (nSPS) is 9.86. The number of rotatable bonds is 5. The lowest BCUT2D eigenvalue weighted by Crippen LogP contribution is -2.02. The Labute approximate surface area is 91.1 Å². The van der Waals surface area contributed by atoms with Gasteiger partial charge in [0.15, 0.2) is 6.79 Å². The molecule has 0 atom stereocenters. The Bertz CT molecular complexity index is 312. The van der Waals surface area contributed by atoms with Gasteiger partial charge in [0, 0.05) is 12.2 Å². The van der Waals surface area contributed by atoms with Crippen molar-refractivity contribution in [2.45, 2.75) is 6.92 Å². The average Bonchev–Trinajstić information content (AvgIpc) is 2.20. The van der Waals surface area contributed by atoms with E-state index >= 15 is 0 Å². The topological polar surface area (TPSA) is 35.5 Å². The predicted molar refractivity (Wildman–Crippen MR) is 56.7 cm³/mol. The maximum absolute atomic E-state index is 10.4. The quantitative estimate of drug-likeness (QED) is 0.463. The largest absolute Gasteiger partial charge is 0.466 e. The van der Waals surface area contributed by atoms with Crippen LogP contribution >= 0.6 is 15.9 Å². The Morgan fingerprint density at radius 3 is 2.86 bits per heavy atom. The van der Waals surface area contributed by atoms with E-state index in [1.807, 2.05) is 6.92 Å². The van der Waals surface area contributed by atoms with Crippen LogP contribution in [0, 0.1) is 0 Å². The molecule has 0 fully saturated rings. The number of aldehydes is 1. The first-order chi connectivity index (χ1) is 6.77. The number of hydrogen-bond donors (Lipinski definition) is 0. The Kier molecular flexibility index (Phi) is 4.62. The number of ether oxygens (including phenoxy) is 2. The molecule has 1 aromatic carbocycles. The highest BCUT2D eigenvalue weighted by atomic mass is 79.9. The molecule has 0 amide bonds. The molecule has 0 heterocycles. The van der Waals surface area contributed by atoms with Crippen molar-refractivity contribution in [2.75, 3.05) is 13.4 Å². The van der Waals surface area contributed by atoms with Crippen molar-refractivity contribution >= 4 is 22.2 Å². The van der Waals surface area contributed by atoms with Gasteiger partial charge in [0.25, 0.3) is 0 Å². The van der Waals surface area contributed by atoms with Gasteiger partial charge in [-0.15, -0.1) is 0 Å². The second-order valence-electron chi connectivity index (χ2n) is 2.56. The molecule has 3 nitrogen and oxygen atoms in total. The van der Waals surface area contributed by atoms with Gasteiger partial charge in [-0.05, 0) is 41.1 Å². The zero-order chi connectivity index (χ0) is 10.4. The molecular weight excluding hydrogens is 248 g/mol. The van der Waals surface area contributed by atoms with Crippen LogP contribution in [0.4, 0.5) is 0 Å². The fraction of sp³-hybridized carbons (Fsp3) is 0.300. The van der Waals surface area contributed by atoms with Crippen molar-refractivity contribution in [1.29, 1.82) is 0 Å². The Balaban J connectivity index is 2.64. The summed E-state index contributed by atoms with van der Waals surface area (Å²) in [5.74, 6) is 0.670. The van der Waals surface area contributed by atoms with E-state index in [1.165, 1.54) is 0 Å². The van der Waals surface area contributed by atoms with Crippen molar-refractivity contribution in [3.05, 3.63) is 28.2 Å². The van der Waals surface area contributed by atoms with Crippen LogP contribution in [0.25, 0.3) is 0 Å². The van der Waals surface area contributed by atoms with Gasteiger partial charge in [0.2, 0.25) is 0 Å². The molecule has 0 saturated carbocycles. The first-order valence-corrected chi connectivity index (χ1v) is 5.02. The van der Waals surface area contributed by atoms with E-state index in [0.717, 1.165) is 10.8 Å². The van der Waals surface area contributed by atoms with Gasteiger partial charge in [0.05, 0.1) is 4.47 Å². The summed E-state index contributed by atoms with van der Waals surface area (Å²) in [4.78, 5) is 10.4. The SMILES string of the molecule is CCOCOc1ccc(C=O)cc1Br. The number of halogens is 1. The Hall–Kier alpha value is -0.870. The summed E-state index contributed by atoms with van der Waals surface area (Å²) in [5.41, 5.74) is 0.612. The summed E-state index contributed by atoms with van der Waals surface area (Å²) in [6, 6.07) is 5.13. The summed E-state index contributed by atoms with van der Waals surface area (Å²) in [5, 5.41) is 0. The van der Waals surface area contributed by atoms with E-state index in [0.29, 0.717) is 17.9 Å². The van der Waals surface area contributed by atoms with Gasteiger partial charge < -0.3 is 9.47 Å². The van der Waals surface area contributed by atoms with Crippen molar-refractivity contribution in [2.24, 2.45) is 0 Å². The summed E-state index contributed by atoms with van der Waals surface area (Å²) in [6.07, 6.45) is 0.789. The van der Waals surface area contributed by atoms with Crippen LogP contribution < -0.4 is 4.74 Å². The van der Waals surface area contributed by atoms with Crippen molar-refractivity contribution in [3.63, 3.8) is 0 Å². The lowest BCUT2D eigenvalue weighted by Gasteiger charge is -2.07. The monoisotopic (exact) mass is 258 g/mol. The van der Waals surface area contributed by atoms with Crippen LogP contribution in [0.2, 0.25) is 0 Å². The van der Waals surface area contributed by atoms with Crippen LogP contribution in [0.1, 0.15) is 17.3 Å². The van der Waals surface area contributed by atoms with E-state index < -0.39 is 0 Å². The second-order valence-corrected chi connectivity index (χ2v) is 3.42. The highest BCUT2D eigenvalue weighted by molar-refractivity contribution is 9.10. The molecule has 1 rings (SSSR count). The minimum absolute atomic E-state index is 0.218.